The first-order valence-corrected chi connectivity index (χ1v) is 13.9. The van der Waals surface area contributed by atoms with Crippen LogP contribution in [0.25, 0.3) is 21.5 Å². The van der Waals surface area contributed by atoms with E-state index in [-0.39, 0.29) is 47.4 Å². The second-order valence-electron chi connectivity index (χ2n) is 11.4. The number of carboxylic acids is 1. The summed E-state index contributed by atoms with van der Waals surface area (Å²) in [6.07, 6.45) is -3.32. The fourth-order valence-corrected chi connectivity index (χ4v) is 6.94. The molecule has 2 aliphatic heterocycles. The van der Waals surface area contributed by atoms with Crippen LogP contribution in [-0.2, 0) is 25.7 Å². The number of likely N-dealkylation sites (tertiary alicyclic amines) is 1. The summed E-state index contributed by atoms with van der Waals surface area (Å²) >= 11 is 1.55. The maximum Gasteiger partial charge on any atom is 0.490 e. The largest absolute Gasteiger partial charge is 0.490 e. The lowest BCUT2D eigenvalue weighted by atomic mass is 9.95. The number of anilines is 1. The minimum atomic E-state index is -5.08. The van der Waals surface area contributed by atoms with Crippen molar-refractivity contribution in [2.24, 2.45) is 28.9 Å². The van der Waals surface area contributed by atoms with Gasteiger partial charge in [-0.05, 0) is 43.0 Å². The minimum absolute atomic E-state index is 0.0595. The lowest BCUT2D eigenvalue weighted by Crippen LogP contribution is -2.53. The number of carbonyl (C=O) groups excluding carboxylic acids is 3. The number of halogens is 3. The van der Waals surface area contributed by atoms with E-state index in [4.69, 9.17) is 20.6 Å². The molecule has 1 saturated carbocycles. The van der Waals surface area contributed by atoms with Crippen LogP contribution in [0.3, 0.4) is 0 Å². The van der Waals surface area contributed by atoms with Crippen LogP contribution in [0.4, 0.5) is 18.9 Å². The van der Waals surface area contributed by atoms with Crippen molar-refractivity contribution < 1.29 is 37.5 Å². The van der Waals surface area contributed by atoms with Gasteiger partial charge in [0.1, 0.15) is 0 Å². The maximum atomic E-state index is 12.8. The number of hydrogen-bond donors (Lipinski definition) is 2. The number of imide groups is 1. The Balaban J connectivity index is 0.000000451. The van der Waals surface area contributed by atoms with Gasteiger partial charge in [0.05, 0.1) is 45.9 Å². The molecule has 2 atom stereocenters. The van der Waals surface area contributed by atoms with Crippen LogP contribution >= 0.6 is 11.3 Å². The van der Waals surface area contributed by atoms with E-state index in [9.17, 15) is 27.6 Å². The van der Waals surface area contributed by atoms with E-state index < -0.39 is 12.1 Å². The number of amides is 3. The second kappa shape index (κ2) is 10.0. The van der Waals surface area contributed by atoms with Crippen molar-refractivity contribution in [2.45, 2.75) is 40.4 Å². The van der Waals surface area contributed by atoms with Gasteiger partial charge in [0.2, 0.25) is 17.7 Å². The molecular formula is C28H28F3N5O5S. The number of carboxylic acid groups (broad SMARTS) is 1. The number of aryl methyl sites for hydroxylation is 2. The number of hydrogen-bond acceptors (Lipinski definition) is 8. The second-order valence-corrected chi connectivity index (χ2v) is 12.5. The number of aromatic nitrogens is 2. The molecular weight excluding hydrogens is 575 g/mol. The van der Waals surface area contributed by atoms with Gasteiger partial charge in [-0.25, -0.2) is 4.79 Å². The summed E-state index contributed by atoms with van der Waals surface area (Å²) in [6, 6.07) is 5.98. The number of pyridine rings is 2. The average molecular weight is 604 g/mol. The summed E-state index contributed by atoms with van der Waals surface area (Å²) < 4.78 is 32.7. The van der Waals surface area contributed by atoms with Crippen LogP contribution in [0.5, 0.6) is 0 Å². The average Bonchev–Trinajstić information content (AvgIpc) is 3.09. The topological polar surface area (TPSA) is 147 Å². The van der Waals surface area contributed by atoms with E-state index in [0.717, 1.165) is 43.3 Å². The van der Waals surface area contributed by atoms with Crippen molar-refractivity contribution in [3.8, 4) is 11.3 Å². The first-order chi connectivity index (χ1) is 19.5. The zero-order chi connectivity index (χ0) is 30.9. The number of fused-ring (bicyclic) bond motifs is 2. The third-order valence-corrected chi connectivity index (χ3v) is 9.22. The van der Waals surface area contributed by atoms with E-state index in [0.29, 0.717) is 13.1 Å². The third kappa shape index (κ3) is 4.97. The van der Waals surface area contributed by atoms with E-state index in [2.05, 4.69) is 16.8 Å². The SMILES string of the molecule is Cc1cc(C)c(N2CC(C(N)=O)C2)c(-c2ccnc3cc(CN4C(=O)C5C(C4=O)C5(C)C)sc23)n1.O=C(O)C(F)(F)F. The highest BCUT2D eigenvalue weighted by Crippen LogP contribution is 2.63. The molecule has 3 amide bonds. The van der Waals surface area contributed by atoms with Gasteiger partial charge in [-0.3, -0.25) is 29.3 Å². The standard InChI is InChI=1S/C26H27N5O3S.C2HF3O2/c1-12-7-13(2)29-20(21(12)30-9-14(10-30)23(27)32)16-5-6-28-17-8-15(35-22(16)17)11-31-24(33)18-19(25(31)34)26(18,3)4;3-2(4,5)1(6)7/h5-8,14,18-19H,9-11H2,1-4H3,(H2,27,32);(H,6,7). The molecule has 2 saturated heterocycles. The van der Waals surface area contributed by atoms with Crippen LogP contribution in [0.2, 0.25) is 0 Å². The van der Waals surface area contributed by atoms with Gasteiger partial charge in [0.25, 0.3) is 0 Å². The summed E-state index contributed by atoms with van der Waals surface area (Å²) in [7, 11) is 0. The molecule has 3 fully saturated rings. The lowest BCUT2D eigenvalue weighted by Gasteiger charge is -2.41. The molecule has 0 radical (unpaired) electrons. The molecule has 0 aromatic carbocycles. The number of aliphatic carboxylic acids is 1. The zero-order valence-electron chi connectivity index (χ0n) is 23.2. The molecule has 10 nitrogen and oxygen atoms in total. The van der Waals surface area contributed by atoms with Crippen LogP contribution in [0.1, 0.15) is 30.0 Å². The van der Waals surface area contributed by atoms with Crippen molar-refractivity contribution in [1.29, 1.82) is 0 Å². The quantitative estimate of drug-likeness (QED) is 0.420. The molecule has 3 aliphatic rings. The highest BCUT2D eigenvalue weighted by Gasteiger charge is 2.72. The molecule has 1 aliphatic carbocycles. The highest BCUT2D eigenvalue weighted by atomic mass is 32.1. The first kappa shape index (κ1) is 29.4. The van der Waals surface area contributed by atoms with E-state index in [1.165, 1.54) is 4.90 Å². The Morgan fingerprint density at radius 2 is 1.74 bits per heavy atom. The Hall–Kier alpha value is -4.07. The van der Waals surface area contributed by atoms with Gasteiger partial charge in [-0.1, -0.05) is 13.8 Å². The molecule has 6 rings (SSSR count). The van der Waals surface area contributed by atoms with E-state index in [1.807, 2.05) is 39.0 Å². The van der Waals surface area contributed by atoms with Gasteiger partial charge in [0, 0.05) is 35.4 Å². The zero-order valence-corrected chi connectivity index (χ0v) is 24.0. The molecule has 3 aromatic rings. The number of thiophene rings is 1. The number of alkyl halides is 3. The summed E-state index contributed by atoms with van der Waals surface area (Å²) in [4.78, 5) is 60.1. The Morgan fingerprint density at radius 3 is 2.29 bits per heavy atom. The van der Waals surface area contributed by atoms with Crippen LogP contribution in [0.15, 0.2) is 24.4 Å². The monoisotopic (exact) mass is 603 g/mol. The summed E-state index contributed by atoms with van der Waals surface area (Å²) in [5.74, 6) is -3.66. The van der Waals surface area contributed by atoms with Crippen LogP contribution < -0.4 is 10.6 Å². The van der Waals surface area contributed by atoms with Crippen LogP contribution in [-0.4, -0.2) is 62.9 Å². The minimum Gasteiger partial charge on any atom is -0.475 e. The molecule has 0 spiro atoms. The molecule has 3 aromatic heterocycles. The number of nitrogens with zero attached hydrogens (tertiary/aromatic N) is 4. The van der Waals surface area contributed by atoms with E-state index >= 15 is 0 Å². The van der Waals surface area contributed by atoms with Crippen molar-refractivity contribution in [3.05, 3.63) is 40.5 Å². The Morgan fingerprint density at radius 1 is 1.14 bits per heavy atom. The molecule has 14 heteroatoms. The number of piperidine rings is 1. The number of primary amides is 1. The predicted molar refractivity (Wildman–Crippen MR) is 147 cm³/mol. The normalized spacial score (nSPS) is 21.1. The van der Waals surface area contributed by atoms with E-state index in [1.54, 1.807) is 17.5 Å². The first-order valence-electron chi connectivity index (χ1n) is 13.1. The number of nitrogens with two attached hydrogens (primary N) is 1. The molecule has 2 unspecified atom stereocenters. The van der Waals surface area contributed by atoms with Gasteiger partial charge < -0.3 is 15.7 Å². The Labute approximate surface area is 242 Å². The molecule has 3 N–H and O–H groups in total. The maximum absolute atomic E-state index is 12.8. The molecule has 0 bridgehead atoms. The van der Waals surface area contributed by atoms with Crippen molar-refractivity contribution in [3.63, 3.8) is 0 Å². The van der Waals surface area contributed by atoms with Gasteiger partial charge in [-0.2, -0.15) is 13.2 Å². The fraction of sp³-hybridized carbons (Fsp3) is 0.429. The predicted octanol–water partition coefficient (Wildman–Crippen LogP) is 3.67. The highest BCUT2D eigenvalue weighted by molar-refractivity contribution is 7.19. The molecule has 42 heavy (non-hydrogen) atoms. The van der Waals surface area contributed by atoms with Gasteiger partial charge in [-0.15, -0.1) is 11.3 Å². The molecule has 222 valence electrons. The van der Waals surface area contributed by atoms with Crippen molar-refractivity contribution in [2.75, 3.05) is 18.0 Å². The lowest BCUT2D eigenvalue weighted by molar-refractivity contribution is -0.192. The fourth-order valence-electron chi connectivity index (χ4n) is 5.83. The summed E-state index contributed by atoms with van der Waals surface area (Å²) in [6.45, 7) is 9.44. The van der Waals surface area contributed by atoms with Crippen molar-refractivity contribution >= 4 is 50.9 Å². The summed E-state index contributed by atoms with van der Waals surface area (Å²) in [5, 5.41) is 7.12. The summed E-state index contributed by atoms with van der Waals surface area (Å²) in [5.41, 5.74) is 10.9. The Kier molecular flexibility index (Phi) is 7.03. The van der Waals surface area contributed by atoms with Crippen LogP contribution in [0, 0.1) is 37.0 Å². The molecule has 5 heterocycles. The van der Waals surface area contributed by atoms with Gasteiger partial charge >= 0.3 is 12.1 Å². The smallest absolute Gasteiger partial charge is 0.475 e. The van der Waals surface area contributed by atoms with Crippen molar-refractivity contribution in [1.82, 2.24) is 14.9 Å². The number of rotatable bonds is 5. The number of carbonyl (C=O) groups is 4. The van der Waals surface area contributed by atoms with Gasteiger partial charge in [0.15, 0.2) is 0 Å². The Bertz CT molecular complexity index is 1620. The third-order valence-electron chi connectivity index (χ3n) is 8.08.